The number of nitrogens with one attached hydrogen (secondary N) is 1. The van der Waals surface area contributed by atoms with Gasteiger partial charge in [0.1, 0.15) is 12.4 Å². The average molecular weight is 261 g/mol. The van der Waals surface area contributed by atoms with Gasteiger partial charge in [-0.2, -0.15) is 5.10 Å². The monoisotopic (exact) mass is 261 g/mol. The topological polar surface area (TPSA) is 88.1 Å². The Balaban J connectivity index is 1.90. The van der Waals surface area contributed by atoms with E-state index in [-0.39, 0.29) is 13.0 Å². The number of carbonyl (C=O) groups is 1. The van der Waals surface area contributed by atoms with Gasteiger partial charge in [0.15, 0.2) is 11.6 Å². The first-order chi connectivity index (χ1) is 9.15. The maximum absolute atomic E-state index is 10.4. The van der Waals surface area contributed by atoms with Crippen LogP contribution in [0.2, 0.25) is 0 Å². The highest BCUT2D eigenvalue weighted by Crippen LogP contribution is 2.17. The number of aryl methyl sites for hydroxylation is 2. The lowest BCUT2D eigenvalue weighted by atomic mass is 10.2. The van der Waals surface area contributed by atoms with Gasteiger partial charge in [0.05, 0.1) is 6.42 Å². The van der Waals surface area contributed by atoms with E-state index in [0.717, 1.165) is 11.3 Å². The Morgan fingerprint density at radius 2 is 2.21 bits per heavy atom. The van der Waals surface area contributed by atoms with Crippen LogP contribution in [0.1, 0.15) is 23.6 Å². The summed E-state index contributed by atoms with van der Waals surface area (Å²) in [6, 6.07) is 7.70. The SMILES string of the molecule is Cc1ccccc1OCc1nc(CCC(=O)O)n[nH]1. The number of para-hydroxylation sites is 1. The van der Waals surface area contributed by atoms with Gasteiger partial charge >= 0.3 is 5.97 Å². The fourth-order valence-electron chi connectivity index (χ4n) is 1.59. The standard InChI is InChI=1S/C13H15N3O3/c1-9-4-2-3-5-10(9)19-8-12-14-11(15-16-12)6-7-13(17)18/h2-5H,6-8H2,1H3,(H,17,18)(H,14,15,16). The number of nitrogens with zero attached hydrogens (tertiary/aromatic N) is 2. The first kappa shape index (κ1) is 13.1. The van der Waals surface area contributed by atoms with Crippen molar-refractivity contribution in [2.45, 2.75) is 26.4 Å². The summed E-state index contributed by atoms with van der Waals surface area (Å²) in [6.07, 6.45) is 0.339. The molecule has 19 heavy (non-hydrogen) atoms. The Morgan fingerprint density at radius 3 is 2.95 bits per heavy atom. The molecule has 0 unspecified atom stereocenters. The largest absolute Gasteiger partial charge is 0.485 e. The summed E-state index contributed by atoms with van der Waals surface area (Å²) < 4.78 is 5.61. The summed E-state index contributed by atoms with van der Waals surface area (Å²) in [5, 5.41) is 15.3. The molecular formula is C13H15N3O3. The van der Waals surface area contributed by atoms with Crippen molar-refractivity contribution in [1.29, 1.82) is 0 Å². The molecule has 6 nitrogen and oxygen atoms in total. The van der Waals surface area contributed by atoms with Crippen LogP contribution in [0.5, 0.6) is 5.75 Å². The molecule has 0 fully saturated rings. The number of hydrogen-bond acceptors (Lipinski definition) is 4. The molecule has 2 rings (SSSR count). The average Bonchev–Trinajstić information content (AvgIpc) is 2.83. The van der Waals surface area contributed by atoms with Crippen LogP contribution in [0.15, 0.2) is 24.3 Å². The van der Waals surface area contributed by atoms with Crippen LogP contribution < -0.4 is 4.74 Å². The molecule has 2 N–H and O–H groups in total. The van der Waals surface area contributed by atoms with Gasteiger partial charge in [0.25, 0.3) is 0 Å². The Bertz CT molecular complexity index is 566. The predicted octanol–water partition coefficient (Wildman–Crippen LogP) is 1.71. The van der Waals surface area contributed by atoms with Crippen molar-refractivity contribution in [3.63, 3.8) is 0 Å². The number of rotatable bonds is 6. The highest BCUT2D eigenvalue weighted by molar-refractivity contribution is 5.66. The van der Waals surface area contributed by atoms with Crippen LogP contribution in [0.4, 0.5) is 0 Å². The zero-order chi connectivity index (χ0) is 13.7. The Hall–Kier alpha value is -2.37. The second-order valence-corrected chi connectivity index (χ2v) is 4.15. The lowest BCUT2D eigenvalue weighted by Crippen LogP contribution is -2.00. The van der Waals surface area contributed by atoms with E-state index in [1.54, 1.807) is 0 Å². The smallest absolute Gasteiger partial charge is 0.303 e. The summed E-state index contributed by atoms with van der Waals surface area (Å²) in [5.41, 5.74) is 1.05. The first-order valence-electron chi connectivity index (χ1n) is 5.95. The second kappa shape index (κ2) is 5.99. The maximum atomic E-state index is 10.4. The van der Waals surface area contributed by atoms with Gasteiger partial charge in [-0.05, 0) is 18.6 Å². The van der Waals surface area contributed by atoms with Crippen molar-refractivity contribution < 1.29 is 14.6 Å². The lowest BCUT2D eigenvalue weighted by Gasteiger charge is -2.06. The maximum Gasteiger partial charge on any atom is 0.303 e. The number of aromatic nitrogens is 3. The molecule has 0 aliphatic rings. The number of H-pyrrole nitrogens is 1. The van der Waals surface area contributed by atoms with Gasteiger partial charge in [-0.3, -0.25) is 9.89 Å². The highest BCUT2D eigenvalue weighted by Gasteiger charge is 2.06. The van der Waals surface area contributed by atoms with Crippen LogP contribution in [-0.2, 0) is 17.8 Å². The molecule has 0 spiro atoms. The fourth-order valence-corrected chi connectivity index (χ4v) is 1.59. The summed E-state index contributed by atoms with van der Waals surface area (Å²) in [6.45, 7) is 2.25. The normalized spacial score (nSPS) is 10.4. The van der Waals surface area contributed by atoms with Gasteiger partial charge < -0.3 is 9.84 Å². The van der Waals surface area contributed by atoms with E-state index in [1.807, 2.05) is 31.2 Å². The molecule has 6 heteroatoms. The van der Waals surface area contributed by atoms with Crippen molar-refractivity contribution in [2.24, 2.45) is 0 Å². The van der Waals surface area contributed by atoms with Gasteiger partial charge in [-0.1, -0.05) is 18.2 Å². The van der Waals surface area contributed by atoms with Crippen molar-refractivity contribution in [1.82, 2.24) is 15.2 Å². The van der Waals surface area contributed by atoms with Crippen molar-refractivity contribution >= 4 is 5.97 Å². The van der Waals surface area contributed by atoms with E-state index in [4.69, 9.17) is 9.84 Å². The van der Waals surface area contributed by atoms with E-state index >= 15 is 0 Å². The quantitative estimate of drug-likeness (QED) is 0.826. The molecule has 0 radical (unpaired) electrons. The first-order valence-corrected chi connectivity index (χ1v) is 5.95. The Kier molecular flexibility index (Phi) is 4.12. The van der Waals surface area contributed by atoms with Gasteiger partial charge in [0.2, 0.25) is 0 Å². The molecule has 0 saturated carbocycles. The summed E-state index contributed by atoms with van der Waals surface area (Å²) >= 11 is 0. The highest BCUT2D eigenvalue weighted by atomic mass is 16.5. The zero-order valence-corrected chi connectivity index (χ0v) is 10.6. The van der Waals surface area contributed by atoms with E-state index in [1.165, 1.54) is 0 Å². The van der Waals surface area contributed by atoms with Gasteiger partial charge in [-0.15, -0.1) is 0 Å². The van der Waals surface area contributed by atoms with Gasteiger partial charge in [0, 0.05) is 6.42 Å². The fraction of sp³-hybridized carbons (Fsp3) is 0.308. The Labute approximate surface area is 110 Å². The molecule has 1 aromatic carbocycles. The number of carboxylic acid groups (broad SMARTS) is 1. The minimum absolute atomic E-state index is 0.0238. The minimum Gasteiger partial charge on any atom is -0.485 e. The van der Waals surface area contributed by atoms with Crippen molar-refractivity contribution in [3.8, 4) is 5.75 Å². The van der Waals surface area contributed by atoms with Crippen LogP contribution in [0.3, 0.4) is 0 Å². The molecule has 0 saturated heterocycles. The molecule has 2 aromatic rings. The predicted molar refractivity (Wildman–Crippen MR) is 67.9 cm³/mol. The summed E-state index contributed by atoms with van der Waals surface area (Å²) in [7, 11) is 0. The minimum atomic E-state index is -0.859. The molecule has 1 heterocycles. The molecule has 1 aromatic heterocycles. The second-order valence-electron chi connectivity index (χ2n) is 4.15. The molecule has 100 valence electrons. The van der Waals surface area contributed by atoms with Crippen LogP contribution >= 0.6 is 0 Å². The molecule has 0 bridgehead atoms. The molecule has 0 aliphatic carbocycles. The van der Waals surface area contributed by atoms with Crippen LogP contribution in [0, 0.1) is 6.92 Å². The third-order valence-electron chi connectivity index (χ3n) is 2.60. The van der Waals surface area contributed by atoms with Crippen molar-refractivity contribution in [2.75, 3.05) is 0 Å². The van der Waals surface area contributed by atoms with E-state index in [2.05, 4.69) is 15.2 Å². The summed E-state index contributed by atoms with van der Waals surface area (Å²) in [5.74, 6) is 1.02. The lowest BCUT2D eigenvalue weighted by molar-refractivity contribution is -0.137. The zero-order valence-electron chi connectivity index (χ0n) is 10.6. The third-order valence-corrected chi connectivity index (χ3v) is 2.60. The number of hydrogen-bond donors (Lipinski definition) is 2. The van der Waals surface area contributed by atoms with Crippen LogP contribution in [0.25, 0.3) is 0 Å². The third kappa shape index (κ3) is 3.80. The number of aromatic amines is 1. The van der Waals surface area contributed by atoms with Crippen LogP contribution in [-0.4, -0.2) is 26.3 Å². The summed E-state index contributed by atoms with van der Waals surface area (Å²) in [4.78, 5) is 14.6. The number of benzene rings is 1. The van der Waals surface area contributed by atoms with E-state index in [0.29, 0.717) is 18.1 Å². The number of aliphatic carboxylic acids is 1. The van der Waals surface area contributed by atoms with Gasteiger partial charge in [-0.25, -0.2) is 4.98 Å². The molecule has 0 aliphatic heterocycles. The number of carboxylic acids is 1. The molecule has 0 amide bonds. The van der Waals surface area contributed by atoms with E-state index in [9.17, 15) is 4.79 Å². The van der Waals surface area contributed by atoms with E-state index < -0.39 is 5.97 Å². The number of ether oxygens (including phenoxy) is 1. The molecule has 0 atom stereocenters. The Morgan fingerprint density at radius 1 is 1.42 bits per heavy atom. The van der Waals surface area contributed by atoms with Crippen molar-refractivity contribution in [3.05, 3.63) is 41.5 Å². The molecular weight excluding hydrogens is 246 g/mol.